The average Bonchev–Trinajstić information content (AvgIpc) is 3.30. The Labute approximate surface area is 142 Å². The molecule has 0 N–H and O–H groups in total. The van der Waals surface area contributed by atoms with Crippen molar-refractivity contribution in [2.45, 2.75) is 6.92 Å². The van der Waals surface area contributed by atoms with E-state index >= 15 is 0 Å². The maximum atomic E-state index is 12.4. The summed E-state index contributed by atoms with van der Waals surface area (Å²) < 4.78 is 21.2. The smallest absolute Gasteiger partial charge is 0.379 e. The molecule has 0 radical (unpaired) electrons. The Morgan fingerprint density at radius 3 is 2.76 bits per heavy atom. The summed E-state index contributed by atoms with van der Waals surface area (Å²) in [7, 11) is 0. The van der Waals surface area contributed by atoms with Crippen molar-refractivity contribution in [1.82, 2.24) is 0 Å². The van der Waals surface area contributed by atoms with Crippen LogP contribution in [0.15, 0.2) is 63.3 Å². The van der Waals surface area contributed by atoms with Crippen molar-refractivity contribution >= 4 is 17.8 Å². The molecule has 1 aliphatic heterocycles. The van der Waals surface area contributed by atoms with Gasteiger partial charge in [0.05, 0.1) is 11.8 Å². The van der Waals surface area contributed by atoms with E-state index in [1.54, 1.807) is 24.3 Å². The molecular weight excluding hydrogens is 324 g/mol. The summed E-state index contributed by atoms with van der Waals surface area (Å²) in [5.41, 5.74) is 0.396. The molecule has 0 spiro atoms. The van der Waals surface area contributed by atoms with Gasteiger partial charge in [-0.1, -0.05) is 0 Å². The molecule has 3 aromatic rings. The fraction of sp³-hybridized carbons (Fsp3) is 0.0526. The van der Waals surface area contributed by atoms with E-state index in [-0.39, 0.29) is 23.1 Å². The molecule has 6 heteroatoms. The van der Waals surface area contributed by atoms with Crippen LogP contribution in [0.4, 0.5) is 0 Å². The molecule has 3 heterocycles. The summed E-state index contributed by atoms with van der Waals surface area (Å²) in [6, 6.07) is 11.2. The molecule has 4 rings (SSSR count). The predicted molar refractivity (Wildman–Crippen MR) is 86.5 cm³/mol. The second kappa shape index (κ2) is 5.83. The highest BCUT2D eigenvalue weighted by Gasteiger charge is 2.28. The number of Topliss-reactive ketones (excluding diaryl/α,β-unsaturated/α-hetero) is 1. The van der Waals surface area contributed by atoms with Crippen molar-refractivity contribution in [3.05, 3.63) is 77.3 Å². The fourth-order valence-corrected chi connectivity index (χ4v) is 2.44. The quantitative estimate of drug-likeness (QED) is 0.408. The fourth-order valence-electron chi connectivity index (χ4n) is 2.44. The number of hydrogen-bond acceptors (Lipinski definition) is 6. The lowest BCUT2D eigenvalue weighted by molar-refractivity contribution is 0.0701. The van der Waals surface area contributed by atoms with Crippen molar-refractivity contribution in [3.63, 3.8) is 0 Å². The number of carbonyl (C=O) groups is 2. The molecule has 0 aliphatic carbocycles. The molecule has 0 bridgehead atoms. The number of benzene rings is 1. The van der Waals surface area contributed by atoms with Gasteiger partial charge in [0.1, 0.15) is 23.0 Å². The molecule has 6 nitrogen and oxygen atoms in total. The summed E-state index contributed by atoms with van der Waals surface area (Å²) in [5, 5.41) is 0. The van der Waals surface area contributed by atoms with Crippen LogP contribution in [-0.4, -0.2) is 11.8 Å². The number of ketones is 1. The Kier molecular flexibility index (Phi) is 3.50. The first-order valence-corrected chi connectivity index (χ1v) is 7.50. The van der Waals surface area contributed by atoms with Crippen molar-refractivity contribution < 1.29 is 27.9 Å². The first kappa shape index (κ1) is 15.0. The first-order chi connectivity index (χ1) is 12.1. The Hall–Kier alpha value is -3.54. The van der Waals surface area contributed by atoms with E-state index in [1.165, 1.54) is 30.5 Å². The van der Waals surface area contributed by atoms with E-state index in [0.29, 0.717) is 17.1 Å². The lowest BCUT2D eigenvalue weighted by Gasteiger charge is -2.03. The van der Waals surface area contributed by atoms with Crippen molar-refractivity contribution in [1.29, 1.82) is 0 Å². The molecule has 25 heavy (non-hydrogen) atoms. The standard InChI is InChI=1S/C19H12O6/c1-11-4-5-12(23-11)10-17-18(20)14-7-6-13(9-16(14)25-17)24-19(21)15-3-2-8-22-15/h2-10H,1H3/b17-10+. The van der Waals surface area contributed by atoms with Crippen LogP contribution in [0, 0.1) is 6.92 Å². The summed E-state index contributed by atoms with van der Waals surface area (Å²) in [5.74, 6) is 1.20. The van der Waals surface area contributed by atoms with Gasteiger partial charge in [-0.15, -0.1) is 0 Å². The largest absolute Gasteiger partial charge is 0.462 e. The number of rotatable bonds is 3. The van der Waals surface area contributed by atoms with Crippen molar-refractivity contribution in [3.8, 4) is 11.5 Å². The van der Waals surface area contributed by atoms with Crippen LogP contribution < -0.4 is 9.47 Å². The molecule has 0 saturated carbocycles. The number of fused-ring (bicyclic) bond motifs is 1. The van der Waals surface area contributed by atoms with E-state index in [4.69, 9.17) is 18.3 Å². The third-order valence-electron chi connectivity index (χ3n) is 3.61. The lowest BCUT2D eigenvalue weighted by atomic mass is 10.1. The van der Waals surface area contributed by atoms with Crippen LogP contribution in [0.25, 0.3) is 6.08 Å². The minimum Gasteiger partial charge on any atom is -0.462 e. The normalized spacial score (nSPS) is 14.4. The number of hydrogen-bond donors (Lipinski definition) is 0. The van der Waals surface area contributed by atoms with Crippen molar-refractivity contribution in [2.24, 2.45) is 0 Å². The van der Waals surface area contributed by atoms with Gasteiger partial charge in [0, 0.05) is 12.1 Å². The van der Waals surface area contributed by atoms with Crippen LogP contribution in [0.1, 0.15) is 32.4 Å². The summed E-state index contributed by atoms with van der Waals surface area (Å²) >= 11 is 0. The number of esters is 1. The zero-order chi connectivity index (χ0) is 17.4. The number of aryl methyl sites for hydroxylation is 1. The second-order valence-electron chi connectivity index (χ2n) is 5.41. The van der Waals surface area contributed by atoms with Gasteiger partial charge in [-0.25, -0.2) is 4.79 Å². The van der Waals surface area contributed by atoms with Gasteiger partial charge in [-0.2, -0.15) is 0 Å². The average molecular weight is 336 g/mol. The maximum absolute atomic E-state index is 12.4. The van der Waals surface area contributed by atoms with Crippen LogP contribution in [0.5, 0.6) is 11.5 Å². The van der Waals surface area contributed by atoms with E-state index in [2.05, 4.69) is 0 Å². The third kappa shape index (κ3) is 2.85. The highest BCUT2D eigenvalue weighted by atomic mass is 16.5. The Bertz CT molecular complexity index is 991. The SMILES string of the molecule is Cc1ccc(/C=C2/Oc3cc(OC(=O)c4ccco4)ccc3C2=O)o1. The van der Waals surface area contributed by atoms with Gasteiger partial charge in [0.2, 0.25) is 11.5 Å². The molecule has 0 fully saturated rings. The Balaban J connectivity index is 1.57. The summed E-state index contributed by atoms with van der Waals surface area (Å²) in [6.45, 7) is 1.81. The molecule has 0 atom stereocenters. The van der Waals surface area contributed by atoms with Crippen LogP contribution >= 0.6 is 0 Å². The van der Waals surface area contributed by atoms with Gasteiger partial charge < -0.3 is 18.3 Å². The van der Waals surface area contributed by atoms with Gasteiger partial charge in [0.25, 0.3) is 0 Å². The predicted octanol–water partition coefficient (Wildman–Crippen LogP) is 4.02. The van der Waals surface area contributed by atoms with E-state index in [1.807, 2.05) is 6.92 Å². The molecule has 0 unspecified atom stereocenters. The highest BCUT2D eigenvalue weighted by Crippen LogP contribution is 2.35. The lowest BCUT2D eigenvalue weighted by Crippen LogP contribution is -2.07. The highest BCUT2D eigenvalue weighted by molar-refractivity contribution is 6.14. The topological polar surface area (TPSA) is 78.9 Å². The van der Waals surface area contributed by atoms with Gasteiger partial charge in [0.15, 0.2) is 5.76 Å². The molecule has 1 aliphatic rings. The summed E-state index contributed by atoms with van der Waals surface area (Å²) in [6.07, 6.45) is 2.92. The second-order valence-corrected chi connectivity index (χ2v) is 5.41. The Morgan fingerprint density at radius 2 is 2.04 bits per heavy atom. The Morgan fingerprint density at radius 1 is 1.16 bits per heavy atom. The molecule has 0 amide bonds. The van der Waals surface area contributed by atoms with Gasteiger partial charge >= 0.3 is 5.97 Å². The molecular formula is C19H12O6. The third-order valence-corrected chi connectivity index (χ3v) is 3.61. The molecule has 0 saturated heterocycles. The minimum atomic E-state index is -0.629. The molecule has 1 aromatic carbocycles. The van der Waals surface area contributed by atoms with Crippen molar-refractivity contribution in [2.75, 3.05) is 0 Å². The zero-order valence-corrected chi connectivity index (χ0v) is 13.1. The first-order valence-electron chi connectivity index (χ1n) is 7.50. The number of furan rings is 2. The van der Waals surface area contributed by atoms with E-state index in [9.17, 15) is 9.59 Å². The van der Waals surface area contributed by atoms with Crippen LogP contribution in [0.3, 0.4) is 0 Å². The zero-order valence-electron chi connectivity index (χ0n) is 13.1. The van der Waals surface area contributed by atoms with E-state index in [0.717, 1.165) is 5.76 Å². The summed E-state index contributed by atoms with van der Waals surface area (Å²) in [4.78, 5) is 24.3. The van der Waals surface area contributed by atoms with Crippen LogP contribution in [0.2, 0.25) is 0 Å². The van der Waals surface area contributed by atoms with E-state index < -0.39 is 5.97 Å². The molecule has 2 aromatic heterocycles. The van der Waals surface area contributed by atoms with Gasteiger partial charge in [-0.05, 0) is 43.3 Å². The molecule has 124 valence electrons. The number of carbonyl (C=O) groups excluding carboxylic acids is 2. The minimum absolute atomic E-state index is 0.0891. The van der Waals surface area contributed by atoms with Gasteiger partial charge in [-0.3, -0.25) is 4.79 Å². The van der Waals surface area contributed by atoms with Crippen LogP contribution in [-0.2, 0) is 0 Å². The number of allylic oxidation sites excluding steroid dienone is 1. The number of ether oxygens (including phenoxy) is 2. The maximum Gasteiger partial charge on any atom is 0.379 e. The monoisotopic (exact) mass is 336 g/mol.